The lowest BCUT2D eigenvalue weighted by Gasteiger charge is -2.33. The summed E-state index contributed by atoms with van der Waals surface area (Å²) >= 11 is 2.67. The zero-order chi connectivity index (χ0) is 14.4. The van der Waals surface area contributed by atoms with Crippen molar-refractivity contribution in [2.45, 2.75) is 18.0 Å². The molecule has 2 N–H and O–H groups in total. The van der Waals surface area contributed by atoms with Crippen LogP contribution < -0.4 is 0 Å². The maximum atomic E-state index is 12.5. The monoisotopic (exact) mass is 338 g/mol. The van der Waals surface area contributed by atoms with Gasteiger partial charge in [0.15, 0.2) is 0 Å². The molecule has 0 aliphatic rings. The Morgan fingerprint density at radius 3 is 1.78 bits per heavy atom. The van der Waals surface area contributed by atoms with Crippen molar-refractivity contribution in [2.75, 3.05) is 0 Å². The maximum Gasteiger partial charge on any atom is 0.430 e. The minimum Gasteiger partial charge on any atom is -0.508 e. The van der Waals surface area contributed by atoms with Crippen LogP contribution in [0.25, 0.3) is 0 Å². The SMILES string of the molecule is Oc1ccc(Br)cc1C(O)(C(F)(F)F)C(F)(F)F. The van der Waals surface area contributed by atoms with Crippen molar-refractivity contribution in [3.05, 3.63) is 28.2 Å². The molecule has 2 nitrogen and oxygen atoms in total. The van der Waals surface area contributed by atoms with Crippen LogP contribution in [0.3, 0.4) is 0 Å². The second-order valence-corrected chi connectivity index (χ2v) is 4.28. The van der Waals surface area contributed by atoms with Crippen molar-refractivity contribution in [1.29, 1.82) is 0 Å². The lowest BCUT2D eigenvalue weighted by Crippen LogP contribution is -2.53. The minimum absolute atomic E-state index is 0.151. The molecule has 1 aromatic rings. The van der Waals surface area contributed by atoms with E-state index in [4.69, 9.17) is 10.2 Å². The van der Waals surface area contributed by atoms with Crippen LogP contribution in [-0.4, -0.2) is 22.6 Å². The third-order valence-electron chi connectivity index (χ3n) is 2.17. The Labute approximate surface area is 105 Å². The largest absolute Gasteiger partial charge is 0.508 e. The van der Waals surface area contributed by atoms with Crippen LogP contribution in [0.15, 0.2) is 22.7 Å². The minimum atomic E-state index is -6.02. The molecule has 0 bridgehead atoms. The highest BCUT2D eigenvalue weighted by molar-refractivity contribution is 9.10. The number of aromatic hydroxyl groups is 1. The van der Waals surface area contributed by atoms with E-state index in [1.807, 2.05) is 0 Å². The number of phenols is 1. The Bertz CT molecular complexity index is 439. The van der Waals surface area contributed by atoms with Crippen molar-refractivity contribution in [3.8, 4) is 5.75 Å². The second-order valence-electron chi connectivity index (χ2n) is 3.37. The van der Waals surface area contributed by atoms with Crippen LogP contribution in [0.1, 0.15) is 5.56 Å². The molecule has 9 heteroatoms. The number of hydrogen-bond donors (Lipinski definition) is 2. The molecule has 1 rings (SSSR count). The van der Waals surface area contributed by atoms with Gasteiger partial charge in [-0.1, -0.05) is 15.9 Å². The van der Waals surface area contributed by atoms with Crippen LogP contribution in [0.5, 0.6) is 5.75 Å². The molecule has 0 spiro atoms. The van der Waals surface area contributed by atoms with E-state index in [9.17, 15) is 26.3 Å². The quantitative estimate of drug-likeness (QED) is 0.770. The van der Waals surface area contributed by atoms with Crippen LogP contribution in [-0.2, 0) is 5.60 Å². The van der Waals surface area contributed by atoms with Gasteiger partial charge in [-0.2, -0.15) is 26.3 Å². The second kappa shape index (κ2) is 4.30. The van der Waals surface area contributed by atoms with Gasteiger partial charge in [0, 0.05) is 10.0 Å². The summed E-state index contributed by atoms with van der Waals surface area (Å²) in [6, 6.07) is 2.00. The summed E-state index contributed by atoms with van der Waals surface area (Å²) in [5.41, 5.74) is -6.81. The number of hydrogen-bond acceptors (Lipinski definition) is 2. The predicted molar refractivity (Wildman–Crippen MR) is 51.8 cm³/mol. The number of alkyl halides is 6. The molecule has 1 aromatic carbocycles. The summed E-state index contributed by atoms with van der Waals surface area (Å²) in [5, 5.41) is 18.1. The van der Waals surface area contributed by atoms with Crippen LogP contribution in [0, 0.1) is 0 Å². The third-order valence-corrected chi connectivity index (χ3v) is 2.66. The van der Waals surface area contributed by atoms with Crippen LogP contribution in [0.4, 0.5) is 26.3 Å². The van der Waals surface area contributed by atoms with Crippen molar-refractivity contribution < 1.29 is 36.6 Å². The summed E-state index contributed by atoms with van der Waals surface area (Å²) in [6.07, 6.45) is -12.0. The van der Waals surface area contributed by atoms with E-state index in [-0.39, 0.29) is 4.47 Å². The standard InChI is InChI=1S/C9H5BrF6O2/c10-4-1-2-6(17)5(3-4)7(18,8(11,12)13)9(14,15)16/h1-3,17-18H. The Hall–Kier alpha value is -0.960. The van der Waals surface area contributed by atoms with Gasteiger partial charge in [0.1, 0.15) is 5.75 Å². The van der Waals surface area contributed by atoms with Crippen molar-refractivity contribution >= 4 is 15.9 Å². The molecule has 18 heavy (non-hydrogen) atoms. The van der Waals surface area contributed by atoms with Gasteiger partial charge in [-0.05, 0) is 18.2 Å². The Morgan fingerprint density at radius 2 is 1.39 bits per heavy atom. The fourth-order valence-corrected chi connectivity index (χ4v) is 1.63. The predicted octanol–water partition coefficient (Wildman–Crippen LogP) is 3.47. The molecule has 0 fully saturated rings. The Balaban J connectivity index is 3.61. The number of aliphatic hydroxyl groups is 1. The van der Waals surface area contributed by atoms with Gasteiger partial charge >= 0.3 is 12.4 Å². The van der Waals surface area contributed by atoms with Gasteiger partial charge in [0.25, 0.3) is 5.60 Å². The number of rotatable bonds is 1. The van der Waals surface area contributed by atoms with E-state index in [1.54, 1.807) is 0 Å². The molecule has 0 saturated heterocycles. The number of phenolic OH excluding ortho intramolecular Hbond substituents is 1. The molecule has 102 valence electrons. The first kappa shape index (κ1) is 15.1. The number of halogens is 7. The van der Waals surface area contributed by atoms with Gasteiger partial charge in [-0.3, -0.25) is 0 Å². The number of benzene rings is 1. The van der Waals surface area contributed by atoms with Gasteiger partial charge < -0.3 is 10.2 Å². The first-order valence-electron chi connectivity index (χ1n) is 4.26. The highest BCUT2D eigenvalue weighted by Crippen LogP contribution is 2.52. The van der Waals surface area contributed by atoms with Crippen LogP contribution >= 0.6 is 15.9 Å². The molecule has 0 unspecified atom stereocenters. The normalized spacial score (nSPS) is 13.8. The van der Waals surface area contributed by atoms with E-state index in [0.717, 1.165) is 6.07 Å². The average molecular weight is 339 g/mol. The zero-order valence-electron chi connectivity index (χ0n) is 8.27. The van der Waals surface area contributed by atoms with Crippen molar-refractivity contribution in [1.82, 2.24) is 0 Å². The summed E-state index contributed by atoms with van der Waals surface area (Å²) in [7, 11) is 0. The first-order chi connectivity index (χ1) is 7.91. The summed E-state index contributed by atoms with van der Waals surface area (Å²) in [6.45, 7) is 0. The topological polar surface area (TPSA) is 40.5 Å². The summed E-state index contributed by atoms with van der Waals surface area (Å²) in [4.78, 5) is 0. The van der Waals surface area contributed by atoms with Gasteiger partial charge in [-0.25, -0.2) is 0 Å². The molecule has 0 aliphatic carbocycles. The lowest BCUT2D eigenvalue weighted by atomic mass is 9.91. The third kappa shape index (κ3) is 2.28. The van der Waals surface area contributed by atoms with Gasteiger partial charge in [-0.15, -0.1) is 0 Å². The van der Waals surface area contributed by atoms with E-state index in [2.05, 4.69) is 15.9 Å². The highest BCUT2D eigenvalue weighted by atomic mass is 79.9. The molecular weight excluding hydrogens is 334 g/mol. The summed E-state index contributed by atoms with van der Waals surface area (Å²) < 4.78 is 74.9. The summed E-state index contributed by atoms with van der Waals surface area (Å²) in [5.74, 6) is -1.31. The average Bonchev–Trinajstić information content (AvgIpc) is 2.17. The lowest BCUT2D eigenvalue weighted by molar-refractivity contribution is -0.376. The van der Waals surface area contributed by atoms with E-state index < -0.39 is 29.3 Å². The molecular formula is C9H5BrF6O2. The van der Waals surface area contributed by atoms with Gasteiger partial charge in [0.2, 0.25) is 0 Å². The van der Waals surface area contributed by atoms with Crippen molar-refractivity contribution in [2.24, 2.45) is 0 Å². The fraction of sp³-hybridized carbons (Fsp3) is 0.333. The van der Waals surface area contributed by atoms with E-state index in [0.29, 0.717) is 12.1 Å². The molecule has 0 amide bonds. The fourth-order valence-electron chi connectivity index (χ4n) is 1.26. The van der Waals surface area contributed by atoms with Gasteiger partial charge in [0.05, 0.1) is 0 Å². The van der Waals surface area contributed by atoms with Crippen molar-refractivity contribution in [3.63, 3.8) is 0 Å². The Morgan fingerprint density at radius 1 is 0.944 bits per heavy atom. The first-order valence-corrected chi connectivity index (χ1v) is 5.05. The van der Waals surface area contributed by atoms with E-state index in [1.165, 1.54) is 0 Å². The van der Waals surface area contributed by atoms with E-state index >= 15 is 0 Å². The Kier molecular flexibility index (Phi) is 3.61. The zero-order valence-corrected chi connectivity index (χ0v) is 9.86. The molecule has 0 saturated carbocycles. The highest BCUT2D eigenvalue weighted by Gasteiger charge is 2.72. The maximum absolute atomic E-state index is 12.5. The molecule has 0 aliphatic heterocycles. The molecule has 0 radical (unpaired) electrons. The molecule has 0 heterocycles. The smallest absolute Gasteiger partial charge is 0.430 e. The molecule has 0 aromatic heterocycles. The van der Waals surface area contributed by atoms with Crippen LogP contribution in [0.2, 0.25) is 0 Å². The molecule has 0 atom stereocenters.